The third kappa shape index (κ3) is 4.04. The Hall–Kier alpha value is -3.03. The number of halogens is 2. The summed E-state index contributed by atoms with van der Waals surface area (Å²) in [6, 6.07) is 12.4. The highest BCUT2D eigenvalue weighted by molar-refractivity contribution is 6.36. The quantitative estimate of drug-likeness (QED) is 0.311. The third-order valence-corrected chi connectivity index (χ3v) is 9.78. The van der Waals surface area contributed by atoms with Gasteiger partial charge in [-0.1, -0.05) is 69.1 Å². The van der Waals surface area contributed by atoms with E-state index in [9.17, 15) is 0 Å². The molecule has 3 saturated heterocycles. The maximum atomic E-state index is 16.6. The molecule has 0 amide bonds. The molecule has 6 nitrogen and oxygen atoms in total. The zero-order valence-corrected chi connectivity index (χ0v) is 23.5. The summed E-state index contributed by atoms with van der Waals surface area (Å²) in [5, 5.41) is 6.69. The van der Waals surface area contributed by atoms with Crippen LogP contribution in [0.2, 0.25) is 5.02 Å². The van der Waals surface area contributed by atoms with Crippen LogP contribution in [0.3, 0.4) is 0 Å². The van der Waals surface area contributed by atoms with Gasteiger partial charge in [0.25, 0.3) is 0 Å². The predicted octanol–water partition coefficient (Wildman–Crippen LogP) is 6.45. The minimum absolute atomic E-state index is 0.211. The number of nitrogens with one attached hydrogen (secondary N) is 1. The third-order valence-electron chi connectivity index (χ3n) is 9.47. The second kappa shape index (κ2) is 9.27. The van der Waals surface area contributed by atoms with Crippen LogP contribution in [0, 0.1) is 17.2 Å². The van der Waals surface area contributed by atoms with Gasteiger partial charge in [-0.2, -0.15) is 4.98 Å². The second-order valence-corrected chi connectivity index (χ2v) is 12.4. The van der Waals surface area contributed by atoms with Crippen LogP contribution in [0.15, 0.2) is 42.6 Å². The molecule has 4 aromatic rings. The molecule has 3 fully saturated rings. The number of piperazine rings is 1. The van der Waals surface area contributed by atoms with Crippen molar-refractivity contribution in [3.8, 4) is 11.3 Å². The predicted molar refractivity (Wildman–Crippen MR) is 157 cm³/mol. The van der Waals surface area contributed by atoms with E-state index in [4.69, 9.17) is 21.6 Å². The lowest BCUT2D eigenvalue weighted by atomic mass is 9.71. The Labute approximate surface area is 233 Å². The summed E-state index contributed by atoms with van der Waals surface area (Å²) >= 11 is 6.60. The van der Waals surface area contributed by atoms with Gasteiger partial charge in [-0.05, 0) is 30.2 Å². The van der Waals surface area contributed by atoms with Crippen LogP contribution >= 0.6 is 11.6 Å². The van der Waals surface area contributed by atoms with Gasteiger partial charge < -0.3 is 15.1 Å². The Morgan fingerprint density at radius 2 is 1.79 bits per heavy atom. The average molecular weight is 545 g/mol. The van der Waals surface area contributed by atoms with E-state index in [0.717, 1.165) is 62.0 Å². The van der Waals surface area contributed by atoms with Crippen molar-refractivity contribution in [3.05, 3.63) is 53.4 Å². The molecule has 2 aromatic carbocycles. The minimum atomic E-state index is -0.423. The lowest BCUT2D eigenvalue weighted by Gasteiger charge is -2.51. The first kappa shape index (κ1) is 25.0. The molecular formula is C31H34ClFN6. The lowest BCUT2D eigenvalue weighted by molar-refractivity contribution is 0.142. The summed E-state index contributed by atoms with van der Waals surface area (Å²) in [5.41, 5.74) is 1.48. The molecule has 3 aliphatic rings. The lowest BCUT2D eigenvalue weighted by Crippen LogP contribution is -2.58. The number of aromatic nitrogens is 3. The van der Waals surface area contributed by atoms with Crippen LogP contribution in [0.25, 0.3) is 32.9 Å². The number of rotatable bonds is 5. The van der Waals surface area contributed by atoms with Gasteiger partial charge in [0.2, 0.25) is 5.95 Å². The van der Waals surface area contributed by atoms with Crippen LogP contribution in [0.1, 0.15) is 40.0 Å². The van der Waals surface area contributed by atoms with Gasteiger partial charge in [0, 0.05) is 65.8 Å². The summed E-state index contributed by atoms with van der Waals surface area (Å²) in [4.78, 5) is 19.2. The molecule has 7 rings (SSSR count). The van der Waals surface area contributed by atoms with Crippen molar-refractivity contribution in [1.82, 2.24) is 20.3 Å². The SMILES string of the molecule is CCC(C)C1(C)CN(c2nc(N3CC4CCC(C3)N4)c3cnc(-c4cccc5cccc(Cl)c45)c(F)c3n2)C1. The molecule has 202 valence electrons. The zero-order valence-electron chi connectivity index (χ0n) is 22.7. The molecule has 0 saturated carbocycles. The number of hydrogen-bond acceptors (Lipinski definition) is 6. The van der Waals surface area contributed by atoms with Crippen molar-refractivity contribution in [2.24, 2.45) is 11.3 Å². The van der Waals surface area contributed by atoms with Gasteiger partial charge in [-0.25, -0.2) is 9.37 Å². The highest BCUT2D eigenvalue weighted by Gasteiger charge is 2.44. The van der Waals surface area contributed by atoms with Gasteiger partial charge in [-0.3, -0.25) is 4.98 Å². The van der Waals surface area contributed by atoms with Crippen LogP contribution in [0.4, 0.5) is 16.2 Å². The number of pyridine rings is 1. The van der Waals surface area contributed by atoms with Crippen molar-refractivity contribution in [1.29, 1.82) is 0 Å². The molecule has 2 aromatic heterocycles. The van der Waals surface area contributed by atoms with Crippen molar-refractivity contribution in [3.63, 3.8) is 0 Å². The molecule has 3 aliphatic heterocycles. The molecule has 39 heavy (non-hydrogen) atoms. The van der Waals surface area contributed by atoms with E-state index in [1.54, 1.807) is 6.20 Å². The van der Waals surface area contributed by atoms with E-state index in [0.29, 0.717) is 45.4 Å². The first-order valence-corrected chi connectivity index (χ1v) is 14.5. The maximum absolute atomic E-state index is 16.6. The Morgan fingerprint density at radius 1 is 1.08 bits per heavy atom. The monoisotopic (exact) mass is 544 g/mol. The molecular weight excluding hydrogens is 511 g/mol. The molecule has 8 heteroatoms. The van der Waals surface area contributed by atoms with Gasteiger partial charge in [0.05, 0.1) is 5.39 Å². The minimum Gasteiger partial charge on any atom is -0.353 e. The number of benzene rings is 2. The van der Waals surface area contributed by atoms with Gasteiger partial charge >= 0.3 is 0 Å². The molecule has 0 radical (unpaired) electrons. The Kier molecular flexibility index (Phi) is 5.94. The van der Waals surface area contributed by atoms with Crippen molar-refractivity contribution in [2.45, 2.75) is 52.1 Å². The smallest absolute Gasteiger partial charge is 0.228 e. The summed E-state index contributed by atoms with van der Waals surface area (Å²) in [6.45, 7) is 10.3. The van der Waals surface area contributed by atoms with E-state index in [-0.39, 0.29) is 11.1 Å². The standard InChI is InChI=1S/C31H34ClFN6/c1-4-18(2)31(3)16-39(17-31)30-36-28-23(29(37-30)38-14-20-11-12-21(15-38)35-20)13-34-27(26(28)33)22-9-5-7-19-8-6-10-24(32)25(19)22/h5-10,13,18,20-21,35H,4,11-12,14-17H2,1-3H3. The van der Waals surface area contributed by atoms with Gasteiger partial charge in [0.1, 0.15) is 17.0 Å². The highest BCUT2D eigenvalue weighted by atomic mass is 35.5. The number of anilines is 2. The first-order valence-electron chi connectivity index (χ1n) is 14.1. The number of hydrogen-bond donors (Lipinski definition) is 1. The fraction of sp³-hybridized carbons (Fsp3) is 0.452. The normalized spacial score (nSPS) is 22.9. The molecule has 0 spiro atoms. The number of fused-ring (bicyclic) bond motifs is 4. The van der Waals surface area contributed by atoms with Crippen molar-refractivity contribution in [2.75, 3.05) is 36.0 Å². The molecule has 1 N–H and O–H groups in total. The summed E-state index contributed by atoms with van der Waals surface area (Å²) in [7, 11) is 0. The Balaban J connectivity index is 1.38. The average Bonchev–Trinajstić information content (AvgIpc) is 3.27. The fourth-order valence-electron chi connectivity index (χ4n) is 6.83. The molecule has 3 atom stereocenters. The van der Waals surface area contributed by atoms with Gasteiger partial charge in [-0.15, -0.1) is 0 Å². The van der Waals surface area contributed by atoms with E-state index >= 15 is 4.39 Å². The summed E-state index contributed by atoms with van der Waals surface area (Å²) < 4.78 is 16.6. The van der Waals surface area contributed by atoms with Crippen LogP contribution in [-0.4, -0.2) is 53.2 Å². The second-order valence-electron chi connectivity index (χ2n) is 12.0. The Morgan fingerprint density at radius 3 is 2.51 bits per heavy atom. The van der Waals surface area contributed by atoms with Crippen molar-refractivity contribution >= 4 is 45.0 Å². The van der Waals surface area contributed by atoms with E-state index in [1.165, 1.54) is 0 Å². The van der Waals surface area contributed by atoms with Crippen molar-refractivity contribution < 1.29 is 4.39 Å². The van der Waals surface area contributed by atoms with Crippen LogP contribution < -0.4 is 15.1 Å². The zero-order chi connectivity index (χ0) is 26.9. The van der Waals surface area contributed by atoms with E-state index in [2.05, 4.69) is 40.9 Å². The largest absolute Gasteiger partial charge is 0.353 e. The van der Waals surface area contributed by atoms with Gasteiger partial charge in [0.15, 0.2) is 5.82 Å². The van der Waals surface area contributed by atoms with E-state index < -0.39 is 5.82 Å². The Bertz CT molecular complexity index is 1570. The summed E-state index contributed by atoms with van der Waals surface area (Å²) in [5.74, 6) is 1.57. The highest BCUT2D eigenvalue weighted by Crippen LogP contribution is 2.43. The molecule has 0 aliphatic carbocycles. The first-order chi connectivity index (χ1) is 18.8. The van der Waals surface area contributed by atoms with Crippen LogP contribution in [0.5, 0.6) is 0 Å². The van der Waals surface area contributed by atoms with Crippen LogP contribution in [-0.2, 0) is 0 Å². The maximum Gasteiger partial charge on any atom is 0.228 e. The molecule has 2 bridgehead atoms. The topological polar surface area (TPSA) is 57.2 Å². The molecule has 3 unspecified atom stereocenters. The molecule has 5 heterocycles. The fourth-order valence-corrected chi connectivity index (χ4v) is 7.12. The number of nitrogens with zero attached hydrogens (tertiary/aromatic N) is 5. The summed E-state index contributed by atoms with van der Waals surface area (Å²) in [6.07, 6.45) is 5.21. The van der Waals surface area contributed by atoms with E-state index in [1.807, 2.05) is 36.4 Å².